The first kappa shape index (κ1) is 14.5. The van der Waals surface area contributed by atoms with Crippen LogP contribution in [0.5, 0.6) is 0 Å². The predicted octanol–water partition coefficient (Wildman–Crippen LogP) is 3.97. The summed E-state index contributed by atoms with van der Waals surface area (Å²) in [6.07, 6.45) is 1.18. The van der Waals surface area contributed by atoms with Crippen LogP contribution in [0.15, 0.2) is 22.7 Å². The summed E-state index contributed by atoms with van der Waals surface area (Å²) in [6, 6.07) is 6.93. The molecule has 2 nitrogen and oxygen atoms in total. The Labute approximate surface area is 114 Å². The largest absolute Gasteiger partial charge is 0.372 e. The molecule has 1 atom stereocenters. The molecule has 0 aliphatic rings. The van der Waals surface area contributed by atoms with E-state index in [1.165, 1.54) is 17.7 Å². The normalized spacial score (nSPS) is 12.5. The van der Waals surface area contributed by atoms with E-state index in [0.717, 1.165) is 17.6 Å². The molecule has 0 heterocycles. The van der Waals surface area contributed by atoms with E-state index < -0.39 is 0 Å². The van der Waals surface area contributed by atoms with Crippen molar-refractivity contribution >= 4 is 21.6 Å². The highest BCUT2D eigenvalue weighted by atomic mass is 79.9. The number of rotatable bonds is 6. The molecule has 3 heteroatoms. The summed E-state index contributed by atoms with van der Waals surface area (Å²) < 4.78 is 1.14. The number of hydrogen-bond acceptors (Lipinski definition) is 2. The molecule has 1 N–H and O–H groups in total. The van der Waals surface area contributed by atoms with E-state index in [1.807, 2.05) is 7.05 Å². The van der Waals surface area contributed by atoms with Crippen LogP contribution in [0.1, 0.15) is 38.8 Å². The van der Waals surface area contributed by atoms with Crippen LogP contribution >= 0.6 is 15.9 Å². The average Bonchev–Trinajstić information content (AvgIpc) is 2.35. The molecule has 1 aromatic carbocycles. The monoisotopic (exact) mass is 298 g/mol. The maximum atomic E-state index is 3.56. The Bertz CT molecular complexity index is 352. The molecule has 17 heavy (non-hydrogen) atoms. The van der Waals surface area contributed by atoms with Crippen LogP contribution in [0.3, 0.4) is 0 Å². The zero-order valence-corrected chi connectivity index (χ0v) is 12.8. The fraction of sp³-hybridized carbons (Fsp3) is 0.571. The molecule has 0 aliphatic heterocycles. The van der Waals surface area contributed by atoms with E-state index in [4.69, 9.17) is 0 Å². The molecule has 0 radical (unpaired) electrons. The third kappa shape index (κ3) is 3.71. The molecule has 96 valence electrons. The molecular weight excluding hydrogens is 276 g/mol. The highest BCUT2D eigenvalue weighted by molar-refractivity contribution is 9.10. The molecule has 0 amide bonds. The Kier molecular flexibility index (Phi) is 6.00. The minimum absolute atomic E-state index is 0.369. The van der Waals surface area contributed by atoms with Crippen molar-refractivity contribution in [3.8, 4) is 0 Å². The van der Waals surface area contributed by atoms with Gasteiger partial charge in [-0.1, -0.05) is 22.9 Å². The second kappa shape index (κ2) is 7.02. The van der Waals surface area contributed by atoms with E-state index in [2.05, 4.69) is 65.1 Å². The van der Waals surface area contributed by atoms with Gasteiger partial charge in [0.1, 0.15) is 0 Å². The maximum Gasteiger partial charge on any atom is 0.0415 e. The van der Waals surface area contributed by atoms with Gasteiger partial charge in [0.25, 0.3) is 0 Å². The summed E-state index contributed by atoms with van der Waals surface area (Å²) in [5.74, 6) is 0. The van der Waals surface area contributed by atoms with Crippen molar-refractivity contribution in [3.63, 3.8) is 0 Å². The van der Waals surface area contributed by atoms with E-state index in [-0.39, 0.29) is 0 Å². The molecular formula is C14H23BrN2. The lowest BCUT2D eigenvalue weighted by molar-refractivity contribution is 0.646. The fourth-order valence-electron chi connectivity index (χ4n) is 2.03. The minimum Gasteiger partial charge on any atom is -0.372 e. The molecule has 0 aromatic heterocycles. The van der Waals surface area contributed by atoms with Gasteiger partial charge in [0.2, 0.25) is 0 Å². The van der Waals surface area contributed by atoms with Gasteiger partial charge in [0.05, 0.1) is 0 Å². The summed E-state index contributed by atoms with van der Waals surface area (Å²) in [4.78, 5) is 2.44. The highest BCUT2D eigenvalue weighted by Gasteiger charge is 2.13. The number of halogens is 1. The summed E-state index contributed by atoms with van der Waals surface area (Å²) >= 11 is 3.56. The van der Waals surface area contributed by atoms with Crippen molar-refractivity contribution in [1.82, 2.24) is 5.32 Å². The lowest BCUT2D eigenvalue weighted by Gasteiger charge is -2.27. The third-order valence-corrected chi connectivity index (χ3v) is 3.60. The molecule has 0 spiro atoms. The van der Waals surface area contributed by atoms with Gasteiger partial charge < -0.3 is 10.2 Å². The van der Waals surface area contributed by atoms with Crippen LogP contribution < -0.4 is 10.2 Å². The van der Waals surface area contributed by atoms with Gasteiger partial charge in [-0.2, -0.15) is 0 Å². The standard InChI is InChI=1S/C14H23BrN2/c1-5-9-17(6-2)14-8-7-12(15)10-13(14)11(3)16-4/h7-8,10-11,16H,5-6,9H2,1-4H3. The minimum atomic E-state index is 0.369. The first-order valence-corrected chi connectivity index (χ1v) is 7.14. The second-order valence-corrected chi connectivity index (χ2v) is 5.21. The first-order valence-electron chi connectivity index (χ1n) is 6.35. The molecule has 0 saturated heterocycles. The number of nitrogens with zero attached hydrogens (tertiary/aromatic N) is 1. The molecule has 0 bridgehead atoms. The van der Waals surface area contributed by atoms with E-state index >= 15 is 0 Å². The average molecular weight is 299 g/mol. The first-order chi connectivity index (χ1) is 8.13. The van der Waals surface area contributed by atoms with Crippen LogP contribution in [0.2, 0.25) is 0 Å². The zero-order chi connectivity index (χ0) is 12.8. The van der Waals surface area contributed by atoms with Crippen molar-refractivity contribution in [3.05, 3.63) is 28.2 Å². The van der Waals surface area contributed by atoms with Crippen LogP contribution in [0.4, 0.5) is 5.69 Å². The van der Waals surface area contributed by atoms with Crippen molar-refractivity contribution in [1.29, 1.82) is 0 Å². The molecule has 0 fully saturated rings. The number of hydrogen-bond donors (Lipinski definition) is 1. The SMILES string of the molecule is CCCN(CC)c1ccc(Br)cc1C(C)NC. The van der Waals surface area contributed by atoms with Gasteiger partial charge in [0.15, 0.2) is 0 Å². The third-order valence-electron chi connectivity index (χ3n) is 3.11. The van der Waals surface area contributed by atoms with Gasteiger partial charge in [-0.3, -0.25) is 0 Å². The summed E-state index contributed by atoms with van der Waals surface area (Å²) in [7, 11) is 2.01. The van der Waals surface area contributed by atoms with Crippen LogP contribution in [0, 0.1) is 0 Å². The summed E-state index contributed by atoms with van der Waals surface area (Å²) in [6.45, 7) is 8.81. The van der Waals surface area contributed by atoms with Gasteiger partial charge >= 0.3 is 0 Å². The lowest BCUT2D eigenvalue weighted by atomic mass is 10.1. The van der Waals surface area contributed by atoms with Crippen LogP contribution in [0.25, 0.3) is 0 Å². The number of anilines is 1. The lowest BCUT2D eigenvalue weighted by Crippen LogP contribution is -2.26. The zero-order valence-electron chi connectivity index (χ0n) is 11.3. The fourth-order valence-corrected chi connectivity index (χ4v) is 2.41. The van der Waals surface area contributed by atoms with Gasteiger partial charge in [-0.15, -0.1) is 0 Å². The van der Waals surface area contributed by atoms with E-state index in [9.17, 15) is 0 Å². The summed E-state index contributed by atoms with van der Waals surface area (Å²) in [5.41, 5.74) is 2.71. The Balaban J connectivity index is 3.11. The number of nitrogens with one attached hydrogen (secondary N) is 1. The van der Waals surface area contributed by atoms with Crippen LogP contribution in [-0.4, -0.2) is 20.1 Å². The second-order valence-electron chi connectivity index (χ2n) is 4.29. The van der Waals surface area contributed by atoms with Crippen LogP contribution in [-0.2, 0) is 0 Å². The predicted molar refractivity (Wildman–Crippen MR) is 79.8 cm³/mol. The Morgan fingerprint density at radius 2 is 2.06 bits per heavy atom. The smallest absolute Gasteiger partial charge is 0.0415 e. The highest BCUT2D eigenvalue weighted by Crippen LogP contribution is 2.29. The van der Waals surface area contributed by atoms with E-state index in [1.54, 1.807) is 0 Å². The van der Waals surface area contributed by atoms with Crippen molar-refractivity contribution in [2.45, 2.75) is 33.2 Å². The Morgan fingerprint density at radius 1 is 1.35 bits per heavy atom. The Morgan fingerprint density at radius 3 is 2.59 bits per heavy atom. The van der Waals surface area contributed by atoms with Crippen molar-refractivity contribution in [2.75, 3.05) is 25.0 Å². The molecule has 1 aromatic rings. The number of benzene rings is 1. The Hall–Kier alpha value is -0.540. The quantitative estimate of drug-likeness (QED) is 0.855. The summed E-state index contributed by atoms with van der Waals surface area (Å²) in [5, 5.41) is 3.32. The van der Waals surface area contributed by atoms with Gasteiger partial charge in [-0.25, -0.2) is 0 Å². The van der Waals surface area contributed by atoms with Gasteiger partial charge in [0, 0.05) is 29.3 Å². The molecule has 0 saturated carbocycles. The molecule has 1 unspecified atom stereocenters. The maximum absolute atomic E-state index is 3.56. The molecule has 0 aliphatic carbocycles. The van der Waals surface area contributed by atoms with E-state index in [0.29, 0.717) is 6.04 Å². The van der Waals surface area contributed by atoms with Crippen molar-refractivity contribution < 1.29 is 0 Å². The topological polar surface area (TPSA) is 15.3 Å². The molecule has 1 rings (SSSR count). The van der Waals surface area contributed by atoms with Crippen molar-refractivity contribution in [2.24, 2.45) is 0 Å². The van der Waals surface area contributed by atoms with Gasteiger partial charge in [-0.05, 0) is 51.1 Å².